The van der Waals surface area contributed by atoms with Gasteiger partial charge in [0.2, 0.25) is 0 Å². The van der Waals surface area contributed by atoms with Gasteiger partial charge in [-0.15, -0.1) is 0 Å². The van der Waals surface area contributed by atoms with Gasteiger partial charge in [0.1, 0.15) is 11.2 Å². The molecule has 0 amide bonds. The van der Waals surface area contributed by atoms with E-state index >= 15 is 0 Å². The lowest BCUT2D eigenvalue weighted by molar-refractivity contribution is 0.670. The summed E-state index contributed by atoms with van der Waals surface area (Å²) in [5.41, 5.74) is 19.7. The third-order valence-electron chi connectivity index (χ3n) is 14.0. The molecule has 0 fully saturated rings. The fraction of sp³-hybridized carbons (Fsp3) is 0.0159. The van der Waals surface area contributed by atoms with Crippen LogP contribution in [0.4, 0.5) is 17.1 Å². The van der Waals surface area contributed by atoms with Crippen LogP contribution >= 0.6 is 0 Å². The molecule has 0 radical (unpaired) electrons. The smallest absolute Gasteiger partial charge is 0.143 e. The molecule has 0 bridgehead atoms. The van der Waals surface area contributed by atoms with Crippen LogP contribution in [0.3, 0.4) is 0 Å². The van der Waals surface area contributed by atoms with Gasteiger partial charge in [-0.25, -0.2) is 0 Å². The number of fused-ring (bicyclic) bond motifs is 14. The Hall–Kier alpha value is -8.46. The number of hydrogen-bond acceptors (Lipinski definition) is 2. The molecule has 304 valence electrons. The van der Waals surface area contributed by atoms with Gasteiger partial charge < -0.3 is 9.32 Å². The van der Waals surface area contributed by atoms with Crippen molar-refractivity contribution in [2.24, 2.45) is 0 Å². The molecule has 0 N–H and O–H groups in total. The number of allylic oxidation sites excluding steroid dienone is 1. The number of hydrogen-bond donors (Lipinski definition) is 0. The first kappa shape index (κ1) is 37.1. The third-order valence-corrected chi connectivity index (χ3v) is 14.0. The Morgan fingerprint density at radius 2 is 0.985 bits per heavy atom. The Bertz CT molecular complexity index is 3830. The van der Waals surface area contributed by atoms with E-state index in [1.54, 1.807) is 0 Å². The molecule has 0 saturated carbocycles. The van der Waals surface area contributed by atoms with Crippen LogP contribution in [0.1, 0.15) is 22.3 Å². The number of rotatable bonds is 6. The number of nitrogens with zero attached hydrogens (tertiary/aromatic N) is 1. The lowest BCUT2D eigenvalue weighted by Gasteiger charge is -2.30. The predicted molar refractivity (Wildman–Crippen MR) is 273 cm³/mol. The second-order valence-corrected chi connectivity index (χ2v) is 17.2. The number of benzene rings is 10. The number of anilines is 3. The van der Waals surface area contributed by atoms with Gasteiger partial charge in [-0.2, -0.15) is 0 Å². The Kier molecular flexibility index (Phi) is 8.16. The van der Waals surface area contributed by atoms with E-state index < -0.39 is 5.41 Å². The van der Waals surface area contributed by atoms with Crippen molar-refractivity contribution in [1.29, 1.82) is 0 Å². The van der Waals surface area contributed by atoms with Crippen molar-refractivity contribution in [1.82, 2.24) is 0 Å². The minimum absolute atomic E-state index is 0.393. The van der Waals surface area contributed by atoms with Crippen molar-refractivity contribution in [3.63, 3.8) is 0 Å². The van der Waals surface area contributed by atoms with Gasteiger partial charge in [0.05, 0.1) is 11.1 Å². The van der Waals surface area contributed by atoms with E-state index in [0.29, 0.717) is 0 Å². The zero-order valence-corrected chi connectivity index (χ0v) is 35.6. The molecule has 0 aliphatic heterocycles. The fourth-order valence-electron chi connectivity index (χ4n) is 11.3. The fourth-order valence-corrected chi connectivity index (χ4v) is 11.3. The van der Waals surface area contributed by atoms with Crippen molar-refractivity contribution < 1.29 is 4.42 Å². The molecule has 0 atom stereocenters. The summed E-state index contributed by atoms with van der Waals surface area (Å²) in [6.07, 6.45) is 3.87. The van der Waals surface area contributed by atoms with E-state index in [9.17, 15) is 0 Å². The van der Waals surface area contributed by atoms with Crippen LogP contribution in [0, 0.1) is 0 Å². The maximum atomic E-state index is 6.47. The highest BCUT2D eigenvalue weighted by molar-refractivity contribution is 6.10. The molecule has 1 heterocycles. The first-order chi connectivity index (χ1) is 32.1. The van der Waals surface area contributed by atoms with Crippen LogP contribution in [0.2, 0.25) is 0 Å². The Morgan fingerprint density at radius 1 is 0.446 bits per heavy atom. The highest BCUT2D eigenvalue weighted by atomic mass is 16.3. The van der Waals surface area contributed by atoms with Crippen LogP contribution in [0.15, 0.2) is 229 Å². The number of furan rings is 1. The summed E-state index contributed by atoms with van der Waals surface area (Å²) in [6.45, 7) is 8.65. The molecular weight excluding hydrogens is 787 g/mol. The van der Waals surface area contributed by atoms with Gasteiger partial charge in [-0.05, 0) is 113 Å². The van der Waals surface area contributed by atoms with Gasteiger partial charge in [0, 0.05) is 33.1 Å². The summed E-state index contributed by atoms with van der Waals surface area (Å²) in [7, 11) is 0. The van der Waals surface area contributed by atoms with Crippen LogP contribution in [0.25, 0.3) is 89.9 Å². The molecule has 2 aliphatic rings. The van der Waals surface area contributed by atoms with Crippen molar-refractivity contribution in [3.8, 4) is 44.5 Å². The summed E-state index contributed by atoms with van der Waals surface area (Å²) in [6, 6.07) is 77.5. The van der Waals surface area contributed by atoms with E-state index in [1.807, 2.05) is 24.3 Å². The molecule has 10 aromatic carbocycles. The minimum atomic E-state index is -0.393. The van der Waals surface area contributed by atoms with Crippen LogP contribution in [-0.4, -0.2) is 0 Å². The quantitative estimate of drug-likeness (QED) is 0.166. The average molecular weight is 828 g/mol. The predicted octanol–water partition coefficient (Wildman–Crippen LogP) is 15.3. The van der Waals surface area contributed by atoms with Crippen LogP contribution < -0.4 is 15.3 Å². The Balaban J connectivity index is 0.975. The molecule has 2 heteroatoms. The average Bonchev–Trinajstić information content (AvgIpc) is 4.00. The monoisotopic (exact) mass is 827 g/mol. The van der Waals surface area contributed by atoms with Crippen LogP contribution in [-0.2, 0) is 5.41 Å². The van der Waals surface area contributed by atoms with Gasteiger partial charge in [0.15, 0.2) is 0 Å². The highest BCUT2D eigenvalue weighted by Crippen LogP contribution is 2.64. The highest BCUT2D eigenvalue weighted by Gasteiger charge is 2.51. The van der Waals surface area contributed by atoms with Gasteiger partial charge >= 0.3 is 0 Å². The molecule has 2 aliphatic carbocycles. The maximum absolute atomic E-state index is 6.47. The molecule has 11 aromatic rings. The number of para-hydroxylation sites is 2. The molecule has 1 aromatic heterocycles. The lowest BCUT2D eigenvalue weighted by Crippen LogP contribution is -2.25. The second-order valence-electron chi connectivity index (χ2n) is 17.2. The van der Waals surface area contributed by atoms with E-state index in [2.05, 4.69) is 218 Å². The molecular formula is C63H41NO. The maximum Gasteiger partial charge on any atom is 0.143 e. The Morgan fingerprint density at radius 3 is 1.69 bits per heavy atom. The van der Waals surface area contributed by atoms with Gasteiger partial charge in [-0.1, -0.05) is 201 Å². The zero-order chi connectivity index (χ0) is 43.2. The van der Waals surface area contributed by atoms with E-state index in [-0.39, 0.29) is 0 Å². The largest absolute Gasteiger partial charge is 0.455 e. The minimum Gasteiger partial charge on any atom is -0.455 e. The SMILES string of the molecule is C=C/C=c1/ccc2cccc(N(c3ccc(-c4cccc5c4-c4ccccc4C54c5ccccc5-c5ccccc54)cc3)c3ccc(-c4cccc5c4oc4ccccc45)cc3)c2c1=C. The Labute approximate surface area is 377 Å². The molecule has 13 rings (SSSR count). The van der Waals surface area contributed by atoms with Crippen molar-refractivity contribution in [2.45, 2.75) is 5.41 Å². The van der Waals surface area contributed by atoms with E-state index in [4.69, 9.17) is 4.42 Å². The first-order valence-electron chi connectivity index (χ1n) is 22.3. The summed E-state index contributed by atoms with van der Waals surface area (Å²) >= 11 is 0. The lowest BCUT2D eigenvalue weighted by atomic mass is 9.70. The first-order valence-corrected chi connectivity index (χ1v) is 22.3. The summed E-state index contributed by atoms with van der Waals surface area (Å²) in [5, 5.41) is 6.50. The van der Waals surface area contributed by atoms with Gasteiger partial charge in [-0.3, -0.25) is 0 Å². The topological polar surface area (TPSA) is 16.4 Å². The zero-order valence-electron chi connectivity index (χ0n) is 35.6. The molecule has 0 saturated heterocycles. The second kappa shape index (κ2) is 14.3. The van der Waals surface area contributed by atoms with E-state index in [0.717, 1.165) is 71.3 Å². The summed E-state index contributed by atoms with van der Waals surface area (Å²) < 4.78 is 6.47. The summed E-state index contributed by atoms with van der Waals surface area (Å²) in [4.78, 5) is 2.37. The molecule has 65 heavy (non-hydrogen) atoms. The van der Waals surface area contributed by atoms with Crippen molar-refractivity contribution in [2.75, 3.05) is 4.90 Å². The van der Waals surface area contributed by atoms with Crippen LogP contribution in [0.5, 0.6) is 0 Å². The normalized spacial score (nSPS) is 13.3. The standard InChI is InChI=1S/C63H41NO/c1-3-15-41-30-31-44-16-12-28-58(60(44)40(41)2)64(46-38-34-43(35-39-46)48-22-13-23-52-51-19-7-11-29-59(51)65-62(48)52)45-36-32-42(33-37-45)47-21-14-27-57-61(47)53-20-6-10-26-56(53)63(57)54-24-8-4-17-49(54)50-18-5-9-25-55(50)63/h3-39H,1-2H2/b41-15-. The third kappa shape index (κ3) is 5.29. The molecule has 1 spiro atoms. The molecule has 0 unspecified atom stereocenters. The summed E-state index contributed by atoms with van der Waals surface area (Å²) in [5.74, 6) is 0. The molecule has 2 nitrogen and oxygen atoms in total. The van der Waals surface area contributed by atoms with Crippen molar-refractivity contribution >= 4 is 62.4 Å². The van der Waals surface area contributed by atoms with Gasteiger partial charge in [0.25, 0.3) is 0 Å². The van der Waals surface area contributed by atoms with Crippen molar-refractivity contribution in [3.05, 3.63) is 258 Å². The van der Waals surface area contributed by atoms with E-state index in [1.165, 1.54) is 55.6 Å².